The third-order valence-corrected chi connectivity index (χ3v) is 12.1. The molecule has 5 aromatic rings. The summed E-state index contributed by atoms with van der Waals surface area (Å²) in [7, 11) is 2.02. The predicted molar refractivity (Wildman–Crippen MR) is 224 cm³/mol. The summed E-state index contributed by atoms with van der Waals surface area (Å²) < 4.78 is 20.7. The Labute approximate surface area is 339 Å². The Bertz CT molecular complexity index is 2240. The lowest BCUT2D eigenvalue weighted by molar-refractivity contribution is -0.166. The number of thiazole rings is 1. The molecule has 298 valence electrons. The molecule has 56 heavy (non-hydrogen) atoms. The van der Waals surface area contributed by atoms with Crippen molar-refractivity contribution in [2.45, 2.75) is 104 Å². The zero-order valence-corrected chi connectivity index (χ0v) is 35.6. The van der Waals surface area contributed by atoms with Crippen molar-refractivity contribution in [1.29, 1.82) is 0 Å². The third-order valence-electron chi connectivity index (χ3n) is 10.7. The van der Waals surface area contributed by atoms with E-state index in [1.165, 1.54) is 0 Å². The minimum atomic E-state index is -0.936. The summed E-state index contributed by atoms with van der Waals surface area (Å²) in [5, 5.41) is 7.76. The van der Waals surface area contributed by atoms with Crippen LogP contribution < -0.4 is 0 Å². The first kappa shape index (κ1) is 40.2. The van der Waals surface area contributed by atoms with Gasteiger partial charge in [0.05, 0.1) is 33.6 Å². The number of hydrogen-bond acceptors (Lipinski definition) is 9. The van der Waals surface area contributed by atoms with Gasteiger partial charge in [-0.2, -0.15) is 5.10 Å². The first-order valence-corrected chi connectivity index (χ1v) is 20.9. The van der Waals surface area contributed by atoms with Crippen LogP contribution in [0.1, 0.15) is 96.6 Å². The zero-order chi connectivity index (χ0) is 40.1. The summed E-state index contributed by atoms with van der Waals surface area (Å²) >= 11 is 7.98. The van der Waals surface area contributed by atoms with Gasteiger partial charge in [0.1, 0.15) is 10.6 Å². The van der Waals surface area contributed by atoms with Crippen LogP contribution in [0.25, 0.3) is 42.8 Å². The van der Waals surface area contributed by atoms with Gasteiger partial charge in [0, 0.05) is 59.2 Å². The van der Waals surface area contributed by atoms with Crippen molar-refractivity contribution in [2.24, 2.45) is 7.05 Å². The molecule has 10 nitrogen and oxygen atoms in total. The van der Waals surface area contributed by atoms with Gasteiger partial charge in [0.25, 0.3) is 0 Å². The van der Waals surface area contributed by atoms with Crippen molar-refractivity contribution < 1.29 is 23.8 Å². The fourth-order valence-electron chi connectivity index (χ4n) is 8.17. The number of aromatic nitrogens is 3. The van der Waals surface area contributed by atoms with Crippen LogP contribution in [0.3, 0.4) is 0 Å². The summed E-state index contributed by atoms with van der Waals surface area (Å²) in [5.41, 5.74) is 6.48. The molecule has 2 fully saturated rings. The van der Waals surface area contributed by atoms with Crippen molar-refractivity contribution >= 4 is 56.1 Å². The maximum Gasteiger partial charge on any atom is 0.410 e. The maximum absolute atomic E-state index is 13.6. The van der Waals surface area contributed by atoms with Crippen molar-refractivity contribution in [3.05, 3.63) is 70.4 Å². The number of halogens is 1. The number of piperidine rings is 1. The van der Waals surface area contributed by atoms with Crippen LogP contribution >= 0.6 is 22.9 Å². The summed E-state index contributed by atoms with van der Waals surface area (Å²) in [6.45, 7) is 19.0. The van der Waals surface area contributed by atoms with Crippen LogP contribution in [-0.4, -0.2) is 86.7 Å². The standard InChI is InChI=1S/C44H54ClN5O5S/c1-10-53-41(51)38(54-43(3,4)5)35-26(2)23-33-39(36(35)27-11-14-30(45)15-12-27)56-40(46-33)29-13-16-34-32(24-29)37(47-48(34)9)28-17-20-49(21-18-28)31-19-22-50(25-31)42(52)55-44(6,7)8/h11-16,23-24,28,31,38H,10,17-22,25H2,1-9H3/t31-,38+/m1/s1. The predicted octanol–water partition coefficient (Wildman–Crippen LogP) is 10.1. The van der Waals surface area contributed by atoms with Crippen LogP contribution in [-0.2, 0) is 26.1 Å². The van der Waals surface area contributed by atoms with E-state index >= 15 is 0 Å². The van der Waals surface area contributed by atoms with E-state index in [1.54, 1.807) is 11.3 Å². The lowest BCUT2D eigenvalue weighted by Crippen LogP contribution is -2.43. The Balaban J connectivity index is 1.21. The number of ether oxygens (including phenoxy) is 3. The molecule has 2 aromatic heterocycles. The molecule has 0 spiro atoms. The molecule has 4 heterocycles. The van der Waals surface area contributed by atoms with Gasteiger partial charge < -0.3 is 19.1 Å². The highest BCUT2D eigenvalue weighted by atomic mass is 35.5. The number of carbonyl (C=O) groups excluding carboxylic acids is 2. The second-order valence-electron chi connectivity index (χ2n) is 17.1. The number of hydrogen-bond donors (Lipinski definition) is 0. The fourth-order valence-corrected chi connectivity index (χ4v) is 9.42. The summed E-state index contributed by atoms with van der Waals surface area (Å²) in [6.07, 6.45) is 1.83. The van der Waals surface area contributed by atoms with E-state index in [0.717, 1.165) is 98.5 Å². The first-order valence-electron chi connectivity index (χ1n) is 19.7. The minimum Gasteiger partial charge on any atom is -0.464 e. The van der Waals surface area contributed by atoms with E-state index in [4.69, 9.17) is 35.9 Å². The number of likely N-dealkylation sites (tertiary alicyclic amines) is 2. The SMILES string of the molecule is CCOC(=O)[C@@H](OC(C)(C)C)c1c(C)cc2nc(-c3ccc4c(c3)c(C3CCN([C@@H]5CCN(C(=O)OC(C)(C)C)C5)CC3)nn4C)sc2c1-c1ccc(Cl)cc1. The van der Waals surface area contributed by atoms with E-state index in [-0.39, 0.29) is 12.7 Å². The number of esters is 1. The number of fused-ring (bicyclic) bond motifs is 2. The maximum atomic E-state index is 13.6. The molecule has 0 N–H and O–H groups in total. The highest BCUT2D eigenvalue weighted by Crippen LogP contribution is 2.45. The van der Waals surface area contributed by atoms with Crippen LogP contribution in [0.15, 0.2) is 48.5 Å². The van der Waals surface area contributed by atoms with E-state index in [1.807, 2.05) is 96.3 Å². The van der Waals surface area contributed by atoms with Gasteiger partial charge in [-0.15, -0.1) is 11.3 Å². The van der Waals surface area contributed by atoms with Crippen LogP contribution in [0.2, 0.25) is 5.02 Å². The minimum absolute atomic E-state index is 0.217. The van der Waals surface area contributed by atoms with Crippen LogP contribution in [0.5, 0.6) is 0 Å². The molecular weight excluding hydrogens is 746 g/mol. The van der Waals surface area contributed by atoms with Gasteiger partial charge in [-0.25, -0.2) is 14.6 Å². The van der Waals surface area contributed by atoms with Crippen LogP contribution in [0.4, 0.5) is 4.79 Å². The van der Waals surface area contributed by atoms with Gasteiger partial charge >= 0.3 is 12.1 Å². The molecule has 1 amide bonds. The van der Waals surface area contributed by atoms with Gasteiger partial charge in [0.15, 0.2) is 6.10 Å². The molecule has 7 rings (SSSR count). The Hall–Kier alpha value is -4.03. The second kappa shape index (κ2) is 15.7. The number of carbonyl (C=O) groups is 2. The molecule has 2 saturated heterocycles. The third kappa shape index (κ3) is 8.47. The molecule has 0 saturated carbocycles. The Morgan fingerprint density at radius 1 is 0.946 bits per heavy atom. The van der Waals surface area contributed by atoms with E-state index in [0.29, 0.717) is 23.5 Å². The summed E-state index contributed by atoms with van der Waals surface area (Å²) in [5.74, 6) is -0.0931. The molecule has 12 heteroatoms. The van der Waals surface area contributed by atoms with E-state index < -0.39 is 23.3 Å². The lowest BCUT2D eigenvalue weighted by atomic mass is 9.90. The molecular formula is C44H54ClN5O5S. The molecule has 3 aromatic carbocycles. The average molecular weight is 800 g/mol. The molecule has 0 aliphatic carbocycles. The molecule has 2 atom stereocenters. The normalized spacial score (nSPS) is 17.9. The smallest absolute Gasteiger partial charge is 0.410 e. The van der Waals surface area contributed by atoms with Gasteiger partial charge in [0.2, 0.25) is 0 Å². The average Bonchev–Trinajstić information content (AvgIpc) is 3.87. The van der Waals surface area contributed by atoms with Gasteiger partial charge in [-0.05, 0) is 135 Å². The Kier molecular flexibility index (Phi) is 11.3. The highest BCUT2D eigenvalue weighted by molar-refractivity contribution is 7.22. The van der Waals surface area contributed by atoms with Gasteiger partial charge in [-0.3, -0.25) is 9.58 Å². The van der Waals surface area contributed by atoms with Crippen LogP contribution in [0, 0.1) is 6.92 Å². The lowest BCUT2D eigenvalue weighted by Gasteiger charge is -2.35. The summed E-state index contributed by atoms with van der Waals surface area (Å²) in [6, 6.07) is 16.7. The Morgan fingerprint density at radius 3 is 2.30 bits per heavy atom. The molecule has 0 radical (unpaired) electrons. The van der Waals surface area contributed by atoms with Crippen molar-refractivity contribution in [1.82, 2.24) is 24.6 Å². The Morgan fingerprint density at radius 2 is 1.64 bits per heavy atom. The number of amides is 1. The van der Waals surface area contributed by atoms with E-state index in [9.17, 15) is 9.59 Å². The summed E-state index contributed by atoms with van der Waals surface area (Å²) in [4.78, 5) is 36.0. The highest BCUT2D eigenvalue weighted by Gasteiger charge is 2.36. The molecule has 2 aliphatic heterocycles. The monoisotopic (exact) mass is 799 g/mol. The van der Waals surface area contributed by atoms with Crippen molar-refractivity contribution in [3.8, 4) is 21.7 Å². The molecule has 0 unspecified atom stereocenters. The van der Waals surface area contributed by atoms with Crippen molar-refractivity contribution in [3.63, 3.8) is 0 Å². The number of rotatable bonds is 8. The largest absolute Gasteiger partial charge is 0.464 e. The second-order valence-corrected chi connectivity index (χ2v) is 18.6. The topological polar surface area (TPSA) is 99.0 Å². The van der Waals surface area contributed by atoms with Crippen molar-refractivity contribution in [2.75, 3.05) is 32.8 Å². The fraction of sp³-hybridized carbons (Fsp3) is 0.500. The quantitative estimate of drug-likeness (QED) is 0.143. The molecule has 2 aliphatic rings. The van der Waals surface area contributed by atoms with E-state index in [2.05, 4.69) is 29.2 Å². The number of benzene rings is 3. The number of nitrogens with zero attached hydrogens (tertiary/aromatic N) is 5. The van der Waals surface area contributed by atoms with Gasteiger partial charge in [-0.1, -0.05) is 23.7 Å². The molecule has 0 bridgehead atoms. The zero-order valence-electron chi connectivity index (χ0n) is 34.1. The number of aryl methyl sites for hydroxylation is 2. The first-order chi connectivity index (χ1) is 26.5.